The number of hydrogen-bond acceptors (Lipinski definition) is 1. The third-order valence-corrected chi connectivity index (χ3v) is 3.67. The van der Waals surface area contributed by atoms with E-state index in [9.17, 15) is 0 Å². The van der Waals surface area contributed by atoms with Gasteiger partial charge in [0.05, 0.1) is 0 Å². The summed E-state index contributed by atoms with van der Waals surface area (Å²) in [4.78, 5) is 0. The molecule has 138 valence electrons. The molecule has 0 aromatic rings. The van der Waals surface area contributed by atoms with Gasteiger partial charge in [-0.3, -0.25) is 0 Å². The Labute approximate surface area is 165 Å². The largest absolute Gasteiger partial charge is 2.00 e. The molecule has 4 heteroatoms. The second-order valence-electron chi connectivity index (χ2n) is 5.66. The van der Waals surface area contributed by atoms with E-state index < -0.39 is 0 Å². The Balaban J connectivity index is -0.000000540. The molecule has 0 heterocycles. The van der Waals surface area contributed by atoms with E-state index in [0.717, 1.165) is 6.42 Å². The summed E-state index contributed by atoms with van der Waals surface area (Å²) in [7, 11) is 0. The van der Waals surface area contributed by atoms with Crippen molar-refractivity contribution < 1.29 is 50.3 Å². The molecule has 1 nitrogen and oxygen atoms in total. The summed E-state index contributed by atoms with van der Waals surface area (Å²) in [5.74, 6) is 0. The minimum atomic E-state index is 0. The van der Waals surface area contributed by atoms with Crippen LogP contribution in [-0.2, 0) is 20.4 Å². The van der Waals surface area contributed by atoms with Crippen molar-refractivity contribution in [2.75, 3.05) is 6.61 Å². The smallest absolute Gasteiger partial charge is 1.00 e. The first-order chi connectivity index (χ1) is 9.41. The fraction of sp³-hybridized carbons (Fsp3) is 0.889. The number of hydrogen-bond donors (Lipinski definition) is 1. The molecule has 1 N–H and O–H groups in total. The molecule has 0 bridgehead atoms. The van der Waals surface area contributed by atoms with Crippen LogP contribution in [0.3, 0.4) is 0 Å². The number of aliphatic hydroxyl groups is 1. The number of unbranched alkanes of at least 4 members (excludes halogenated alkanes) is 12. The summed E-state index contributed by atoms with van der Waals surface area (Å²) < 4.78 is 0. The van der Waals surface area contributed by atoms with Crippen molar-refractivity contribution in [2.24, 2.45) is 0 Å². The Morgan fingerprint density at radius 2 is 0.955 bits per heavy atom. The van der Waals surface area contributed by atoms with Crippen LogP contribution in [-0.4, -0.2) is 11.7 Å². The molecule has 0 aliphatic carbocycles. The number of rotatable bonds is 15. The van der Waals surface area contributed by atoms with Crippen LogP contribution in [0.25, 0.3) is 0 Å². The van der Waals surface area contributed by atoms with Gasteiger partial charge in [-0.15, -0.1) is 0 Å². The van der Waals surface area contributed by atoms with Gasteiger partial charge in [0.1, 0.15) is 0 Å². The zero-order valence-electron chi connectivity index (χ0n) is 14.3. The zero-order valence-corrected chi connectivity index (χ0v) is 17.3. The first kappa shape index (κ1) is 30.8. The van der Waals surface area contributed by atoms with Crippen LogP contribution in [0, 0.1) is 0 Å². The van der Waals surface area contributed by atoms with E-state index in [-0.39, 0.29) is 45.2 Å². The van der Waals surface area contributed by atoms with Gasteiger partial charge in [0.2, 0.25) is 0 Å². The van der Waals surface area contributed by atoms with Crippen LogP contribution in [0.4, 0.5) is 0 Å². The van der Waals surface area contributed by atoms with Crippen LogP contribution in [0.1, 0.15) is 96.8 Å². The summed E-state index contributed by atoms with van der Waals surface area (Å²) in [6, 6.07) is 0. The number of allylic oxidation sites excluding steroid dienone is 2. The van der Waals surface area contributed by atoms with Gasteiger partial charge in [-0.1, -0.05) is 76.9 Å². The zero-order chi connectivity index (χ0) is 14.0. The molecule has 0 aromatic heterocycles. The van der Waals surface area contributed by atoms with Gasteiger partial charge in [-0.2, -0.15) is 0 Å². The first-order valence-corrected chi connectivity index (χ1v) is 8.67. The van der Waals surface area contributed by atoms with Crippen LogP contribution in [0.2, 0.25) is 0 Å². The van der Waals surface area contributed by atoms with Gasteiger partial charge in [0.15, 0.2) is 0 Å². The molecular formula is C18H36Cl2OPd. The molecule has 0 rings (SSSR count). The third-order valence-electron chi connectivity index (χ3n) is 3.67. The molecule has 0 aliphatic rings. The normalized spacial score (nSPS) is 9.91. The van der Waals surface area contributed by atoms with Gasteiger partial charge in [-0.25, -0.2) is 0 Å². The molecule has 0 saturated heterocycles. The van der Waals surface area contributed by atoms with Crippen LogP contribution >= 0.6 is 0 Å². The van der Waals surface area contributed by atoms with Gasteiger partial charge < -0.3 is 29.9 Å². The average Bonchev–Trinajstić information content (AvgIpc) is 2.43. The molecule has 0 saturated carbocycles. The predicted molar refractivity (Wildman–Crippen MR) is 86.5 cm³/mol. The SMILES string of the molecule is CCCCCCCCC=CCCCCCCCCO.[Cl-].[Cl-].[Pd+2]. The van der Waals surface area contributed by atoms with Crippen molar-refractivity contribution in [1.82, 2.24) is 0 Å². The van der Waals surface area contributed by atoms with E-state index in [0.29, 0.717) is 6.61 Å². The maximum absolute atomic E-state index is 8.66. The van der Waals surface area contributed by atoms with Crippen molar-refractivity contribution in [2.45, 2.75) is 96.8 Å². The molecule has 0 aromatic carbocycles. The Morgan fingerprint density at radius 1 is 0.591 bits per heavy atom. The minimum absolute atomic E-state index is 0. The van der Waals surface area contributed by atoms with Gasteiger partial charge in [-0.05, 0) is 32.1 Å². The van der Waals surface area contributed by atoms with E-state index in [1.807, 2.05) is 0 Å². The second-order valence-corrected chi connectivity index (χ2v) is 5.66. The van der Waals surface area contributed by atoms with Gasteiger partial charge in [0.25, 0.3) is 0 Å². The molecule has 0 atom stereocenters. The van der Waals surface area contributed by atoms with Crippen molar-refractivity contribution in [3.63, 3.8) is 0 Å². The molecule has 22 heavy (non-hydrogen) atoms. The molecule has 0 unspecified atom stereocenters. The maximum Gasteiger partial charge on any atom is 2.00 e. The molecule has 0 spiro atoms. The van der Waals surface area contributed by atoms with Crippen molar-refractivity contribution in [3.05, 3.63) is 12.2 Å². The molecular weight excluding hydrogens is 410 g/mol. The van der Waals surface area contributed by atoms with Crippen LogP contribution in [0.15, 0.2) is 12.2 Å². The monoisotopic (exact) mass is 444 g/mol. The van der Waals surface area contributed by atoms with E-state index >= 15 is 0 Å². The Morgan fingerprint density at radius 3 is 1.36 bits per heavy atom. The first-order valence-electron chi connectivity index (χ1n) is 8.67. The van der Waals surface area contributed by atoms with Crippen molar-refractivity contribution >= 4 is 0 Å². The van der Waals surface area contributed by atoms with E-state index in [4.69, 9.17) is 5.11 Å². The van der Waals surface area contributed by atoms with Gasteiger partial charge >= 0.3 is 20.4 Å². The molecule has 0 radical (unpaired) electrons. The topological polar surface area (TPSA) is 20.2 Å². The minimum Gasteiger partial charge on any atom is -1.00 e. The summed E-state index contributed by atoms with van der Waals surface area (Å²) in [6.45, 7) is 2.64. The Hall–Kier alpha value is 0.942. The number of halogens is 2. The second kappa shape index (κ2) is 29.9. The Kier molecular flexibility index (Phi) is 41.8. The summed E-state index contributed by atoms with van der Waals surface area (Å²) >= 11 is 0. The third kappa shape index (κ3) is 29.0. The Bertz CT molecular complexity index is 190. The van der Waals surface area contributed by atoms with Crippen LogP contribution < -0.4 is 24.8 Å². The fourth-order valence-electron chi connectivity index (χ4n) is 2.36. The van der Waals surface area contributed by atoms with Crippen molar-refractivity contribution in [3.8, 4) is 0 Å². The molecule has 0 aliphatic heterocycles. The predicted octanol–water partition coefficient (Wildman–Crippen LogP) is 0.0217. The maximum atomic E-state index is 8.66. The molecule has 0 amide bonds. The summed E-state index contributed by atoms with van der Waals surface area (Å²) in [5.41, 5.74) is 0. The number of aliphatic hydroxyl groups excluding tert-OH is 1. The van der Waals surface area contributed by atoms with Crippen molar-refractivity contribution in [1.29, 1.82) is 0 Å². The standard InChI is InChI=1S/C18H36O.2ClH.Pd/c1-2-3-4-5-6-7-8-9-10-11-12-13-14-15-16-17-18-19;;;/h9-10,19H,2-8,11-18H2,1H3;2*1H;/q;;;+2/p-2. The molecule has 0 fully saturated rings. The summed E-state index contributed by atoms with van der Waals surface area (Å²) in [5, 5.41) is 8.66. The van der Waals surface area contributed by atoms with Gasteiger partial charge in [0, 0.05) is 6.61 Å². The van der Waals surface area contributed by atoms with E-state index in [1.54, 1.807) is 0 Å². The average molecular weight is 446 g/mol. The summed E-state index contributed by atoms with van der Waals surface area (Å²) in [6.07, 6.45) is 23.2. The van der Waals surface area contributed by atoms with E-state index in [1.165, 1.54) is 83.5 Å². The van der Waals surface area contributed by atoms with E-state index in [2.05, 4.69) is 19.1 Å². The quantitative estimate of drug-likeness (QED) is 0.214. The van der Waals surface area contributed by atoms with Crippen LogP contribution in [0.5, 0.6) is 0 Å². The fourth-order valence-corrected chi connectivity index (χ4v) is 2.36.